The Bertz CT molecular complexity index is 831. The van der Waals surface area contributed by atoms with E-state index in [1.807, 2.05) is 0 Å². The molecule has 3 rings (SSSR count). The Labute approximate surface area is 126 Å². The molecule has 2 aromatic carbocycles. The Morgan fingerprint density at radius 1 is 1.05 bits per heavy atom. The third-order valence-corrected chi connectivity index (χ3v) is 5.66. The maximum atomic E-state index is 12.9. The van der Waals surface area contributed by atoms with Crippen molar-refractivity contribution in [2.75, 3.05) is 7.05 Å². The summed E-state index contributed by atoms with van der Waals surface area (Å²) in [6.45, 7) is 0. The Morgan fingerprint density at radius 3 is 2.41 bits per heavy atom. The molecule has 0 spiro atoms. The van der Waals surface area contributed by atoms with Crippen LogP contribution in [0.3, 0.4) is 0 Å². The van der Waals surface area contributed by atoms with E-state index >= 15 is 0 Å². The fourth-order valence-corrected chi connectivity index (χ4v) is 4.26. The molecule has 0 bridgehead atoms. The van der Waals surface area contributed by atoms with E-state index in [-0.39, 0.29) is 4.90 Å². The monoisotopic (exact) mass is 327 g/mol. The largest absolute Gasteiger partial charge is 0.416 e. The van der Waals surface area contributed by atoms with Crippen LogP contribution in [0.2, 0.25) is 0 Å². The summed E-state index contributed by atoms with van der Waals surface area (Å²) in [6, 6.07) is 10.4. The molecule has 1 unspecified atom stereocenters. The van der Waals surface area contributed by atoms with Crippen LogP contribution in [0.25, 0.3) is 0 Å². The molecule has 0 saturated heterocycles. The summed E-state index contributed by atoms with van der Waals surface area (Å²) in [5.74, 6) is 0. The average Bonchev–Trinajstić information content (AvgIpc) is 2.66. The molecular formula is C15H12F3NO2S. The van der Waals surface area contributed by atoms with E-state index in [1.165, 1.54) is 25.2 Å². The van der Waals surface area contributed by atoms with Crippen molar-refractivity contribution >= 4 is 10.0 Å². The maximum absolute atomic E-state index is 12.9. The van der Waals surface area contributed by atoms with Crippen LogP contribution >= 0.6 is 0 Å². The van der Waals surface area contributed by atoms with E-state index in [0.29, 0.717) is 11.1 Å². The van der Waals surface area contributed by atoms with Gasteiger partial charge in [0.2, 0.25) is 10.0 Å². The zero-order valence-electron chi connectivity index (χ0n) is 11.5. The third-order valence-electron chi connectivity index (χ3n) is 3.76. The van der Waals surface area contributed by atoms with Gasteiger partial charge < -0.3 is 0 Å². The number of sulfonamides is 1. The van der Waals surface area contributed by atoms with Crippen molar-refractivity contribution in [2.45, 2.75) is 17.1 Å². The van der Waals surface area contributed by atoms with Gasteiger partial charge in [0.1, 0.15) is 0 Å². The second kappa shape index (κ2) is 4.82. The second-order valence-electron chi connectivity index (χ2n) is 5.08. The van der Waals surface area contributed by atoms with Gasteiger partial charge >= 0.3 is 6.18 Å². The normalized spacial score (nSPS) is 20.8. The Morgan fingerprint density at radius 2 is 1.73 bits per heavy atom. The first-order valence-electron chi connectivity index (χ1n) is 6.47. The highest BCUT2D eigenvalue weighted by Gasteiger charge is 2.41. The molecule has 1 atom stereocenters. The molecule has 0 aliphatic carbocycles. The number of fused-ring (bicyclic) bond motifs is 1. The molecule has 2 aromatic rings. The molecule has 22 heavy (non-hydrogen) atoms. The fraction of sp³-hybridized carbons (Fsp3) is 0.200. The predicted octanol–water partition coefficient (Wildman–Crippen LogP) is 3.43. The van der Waals surface area contributed by atoms with Crippen molar-refractivity contribution < 1.29 is 21.6 Å². The fourth-order valence-electron chi connectivity index (χ4n) is 2.71. The third kappa shape index (κ3) is 2.21. The molecular weight excluding hydrogens is 315 g/mol. The van der Waals surface area contributed by atoms with Gasteiger partial charge in [-0.15, -0.1) is 0 Å². The van der Waals surface area contributed by atoms with Crippen molar-refractivity contribution in [3.63, 3.8) is 0 Å². The lowest BCUT2D eigenvalue weighted by atomic mass is 9.97. The summed E-state index contributed by atoms with van der Waals surface area (Å²) in [5, 5.41) is 0. The van der Waals surface area contributed by atoms with Crippen LogP contribution in [-0.4, -0.2) is 19.8 Å². The van der Waals surface area contributed by atoms with Gasteiger partial charge in [0.15, 0.2) is 0 Å². The lowest BCUT2D eigenvalue weighted by Crippen LogP contribution is -2.24. The lowest BCUT2D eigenvalue weighted by molar-refractivity contribution is -0.137. The number of hydrogen-bond donors (Lipinski definition) is 0. The van der Waals surface area contributed by atoms with Gasteiger partial charge in [-0.2, -0.15) is 17.5 Å². The predicted molar refractivity (Wildman–Crippen MR) is 74.7 cm³/mol. The summed E-state index contributed by atoms with van der Waals surface area (Å²) in [6.07, 6.45) is -4.47. The van der Waals surface area contributed by atoms with Crippen LogP contribution in [0.15, 0.2) is 53.4 Å². The first-order chi connectivity index (χ1) is 10.2. The zero-order chi connectivity index (χ0) is 16.1. The highest BCUT2D eigenvalue weighted by molar-refractivity contribution is 7.89. The molecule has 0 aromatic heterocycles. The average molecular weight is 327 g/mol. The molecule has 7 heteroatoms. The molecule has 0 saturated carbocycles. The first kappa shape index (κ1) is 15.1. The molecule has 3 nitrogen and oxygen atoms in total. The lowest BCUT2D eigenvalue weighted by Gasteiger charge is -2.20. The van der Waals surface area contributed by atoms with Crippen molar-refractivity contribution in [2.24, 2.45) is 0 Å². The zero-order valence-corrected chi connectivity index (χ0v) is 12.3. The van der Waals surface area contributed by atoms with Gasteiger partial charge in [0.05, 0.1) is 16.5 Å². The molecule has 0 fully saturated rings. The Balaban J connectivity index is 2.18. The van der Waals surface area contributed by atoms with E-state index in [4.69, 9.17) is 0 Å². The van der Waals surface area contributed by atoms with Crippen LogP contribution in [0.5, 0.6) is 0 Å². The Kier molecular flexibility index (Phi) is 3.30. The highest BCUT2D eigenvalue weighted by Crippen LogP contribution is 2.43. The standard InChI is InChI=1S/C15H12F3NO2S/c1-19-14(10-5-4-6-11(9-10)15(16,17)18)12-7-2-3-8-13(12)22(19,20)21/h2-9,14H,1H3. The quantitative estimate of drug-likeness (QED) is 0.805. The number of nitrogens with zero attached hydrogens (tertiary/aromatic N) is 1. The molecule has 0 N–H and O–H groups in total. The maximum Gasteiger partial charge on any atom is 0.416 e. The number of benzene rings is 2. The van der Waals surface area contributed by atoms with Crippen molar-refractivity contribution in [3.05, 3.63) is 65.2 Å². The van der Waals surface area contributed by atoms with Crippen LogP contribution in [0.1, 0.15) is 22.7 Å². The summed E-state index contributed by atoms with van der Waals surface area (Å²) in [4.78, 5) is 0.139. The number of hydrogen-bond acceptors (Lipinski definition) is 2. The minimum atomic E-state index is -4.47. The molecule has 0 amide bonds. The van der Waals surface area contributed by atoms with E-state index < -0.39 is 27.8 Å². The van der Waals surface area contributed by atoms with E-state index in [9.17, 15) is 21.6 Å². The minimum Gasteiger partial charge on any atom is -0.207 e. The molecule has 116 valence electrons. The minimum absolute atomic E-state index is 0.139. The molecule has 0 radical (unpaired) electrons. The smallest absolute Gasteiger partial charge is 0.207 e. The van der Waals surface area contributed by atoms with Gasteiger partial charge in [0, 0.05) is 7.05 Å². The number of alkyl halides is 3. The van der Waals surface area contributed by atoms with Crippen LogP contribution in [0.4, 0.5) is 13.2 Å². The number of rotatable bonds is 1. The topological polar surface area (TPSA) is 37.4 Å². The summed E-state index contributed by atoms with van der Waals surface area (Å²) in [7, 11) is -2.30. The van der Waals surface area contributed by atoms with Crippen molar-refractivity contribution in [1.82, 2.24) is 4.31 Å². The molecule has 1 aliphatic heterocycles. The number of halogens is 3. The van der Waals surface area contributed by atoms with Gasteiger partial charge in [0.25, 0.3) is 0 Å². The van der Waals surface area contributed by atoms with Gasteiger partial charge in [-0.25, -0.2) is 8.42 Å². The van der Waals surface area contributed by atoms with Crippen LogP contribution in [-0.2, 0) is 16.2 Å². The van der Waals surface area contributed by atoms with Gasteiger partial charge in [-0.05, 0) is 29.3 Å². The van der Waals surface area contributed by atoms with Gasteiger partial charge in [-0.3, -0.25) is 0 Å². The second-order valence-corrected chi connectivity index (χ2v) is 7.05. The van der Waals surface area contributed by atoms with Gasteiger partial charge in [-0.1, -0.05) is 30.3 Å². The van der Waals surface area contributed by atoms with E-state index in [1.54, 1.807) is 18.2 Å². The van der Waals surface area contributed by atoms with E-state index in [2.05, 4.69) is 0 Å². The molecule has 1 aliphatic rings. The summed E-state index contributed by atoms with van der Waals surface area (Å²) < 4.78 is 64.4. The highest BCUT2D eigenvalue weighted by atomic mass is 32.2. The SMILES string of the molecule is CN1C(c2cccc(C(F)(F)F)c2)c2ccccc2S1(=O)=O. The summed E-state index contributed by atoms with van der Waals surface area (Å²) in [5.41, 5.74) is -0.00430. The van der Waals surface area contributed by atoms with Crippen molar-refractivity contribution in [1.29, 1.82) is 0 Å². The summed E-state index contributed by atoms with van der Waals surface area (Å²) >= 11 is 0. The Hall–Kier alpha value is -1.86. The van der Waals surface area contributed by atoms with Crippen LogP contribution < -0.4 is 0 Å². The van der Waals surface area contributed by atoms with E-state index in [0.717, 1.165) is 16.4 Å². The van der Waals surface area contributed by atoms with Crippen molar-refractivity contribution in [3.8, 4) is 0 Å². The van der Waals surface area contributed by atoms with Crippen LogP contribution in [0, 0.1) is 0 Å². The first-order valence-corrected chi connectivity index (χ1v) is 7.91. The molecule has 1 heterocycles.